The number of fused-ring (bicyclic) bond motifs is 1. The number of nitrogens with zero attached hydrogens (tertiary/aromatic N) is 1. The monoisotopic (exact) mass is 224 g/mol. The third kappa shape index (κ3) is 2.11. The Balaban J connectivity index is 1.72. The van der Waals surface area contributed by atoms with Crippen molar-refractivity contribution in [3.63, 3.8) is 0 Å². The van der Waals surface area contributed by atoms with Gasteiger partial charge in [0.05, 0.1) is 0 Å². The van der Waals surface area contributed by atoms with E-state index in [0.717, 1.165) is 25.2 Å². The number of anilines is 1. The highest BCUT2D eigenvalue weighted by atomic mass is 15.1. The Morgan fingerprint density at radius 3 is 2.71 bits per heavy atom. The van der Waals surface area contributed by atoms with Crippen molar-refractivity contribution in [1.82, 2.24) is 4.90 Å². The lowest BCUT2D eigenvalue weighted by Gasteiger charge is -2.15. The van der Waals surface area contributed by atoms with Crippen molar-refractivity contribution in [1.29, 1.82) is 0 Å². The molecule has 2 nitrogen and oxygen atoms in total. The highest BCUT2D eigenvalue weighted by molar-refractivity contribution is 5.44. The number of rotatable bonds is 2. The normalized spacial score (nSPS) is 17.8. The van der Waals surface area contributed by atoms with Gasteiger partial charge in [0.2, 0.25) is 0 Å². The van der Waals surface area contributed by atoms with Crippen LogP contribution in [0.3, 0.4) is 0 Å². The lowest BCUT2D eigenvalue weighted by Crippen LogP contribution is -2.14. The zero-order chi connectivity index (χ0) is 11.7. The lowest BCUT2D eigenvalue weighted by molar-refractivity contribution is 0.419. The van der Waals surface area contributed by atoms with Gasteiger partial charge in [0.1, 0.15) is 0 Å². The van der Waals surface area contributed by atoms with Gasteiger partial charge in [-0.25, -0.2) is 0 Å². The summed E-state index contributed by atoms with van der Waals surface area (Å²) in [7, 11) is 0. The number of nitrogens with two attached hydrogens (primary N) is 1. The molecule has 1 heterocycles. The van der Waals surface area contributed by atoms with Gasteiger partial charge in [0, 0.05) is 25.0 Å². The predicted octanol–water partition coefficient (Wildman–Crippen LogP) is 2.85. The molecule has 0 saturated carbocycles. The summed E-state index contributed by atoms with van der Waals surface area (Å²) in [6.07, 6.45) is 9.94. The molecule has 2 heteroatoms. The van der Waals surface area contributed by atoms with E-state index in [0.29, 0.717) is 0 Å². The second kappa shape index (κ2) is 4.13. The maximum atomic E-state index is 5.69. The summed E-state index contributed by atoms with van der Waals surface area (Å²) in [5, 5.41) is 0. The molecular weight excluding hydrogens is 208 g/mol. The fourth-order valence-corrected chi connectivity index (χ4v) is 2.35. The number of benzene rings is 1. The zero-order valence-corrected chi connectivity index (χ0v) is 9.76. The molecule has 0 aromatic heterocycles. The Labute approximate surface area is 102 Å². The molecule has 0 fully saturated rings. The third-order valence-corrected chi connectivity index (χ3v) is 3.26. The van der Waals surface area contributed by atoms with Gasteiger partial charge in [-0.05, 0) is 35.3 Å². The van der Waals surface area contributed by atoms with Crippen LogP contribution in [0.5, 0.6) is 0 Å². The molecular formula is C15H16N2. The van der Waals surface area contributed by atoms with Gasteiger partial charge in [0.25, 0.3) is 0 Å². The van der Waals surface area contributed by atoms with E-state index < -0.39 is 0 Å². The number of hydrogen-bond acceptors (Lipinski definition) is 2. The van der Waals surface area contributed by atoms with Crippen LogP contribution >= 0.6 is 0 Å². The van der Waals surface area contributed by atoms with Gasteiger partial charge in [-0.3, -0.25) is 0 Å². The van der Waals surface area contributed by atoms with Crippen molar-refractivity contribution in [2.75, 3.05) is 12.3 Å². The standard InChI is InChI=1S/C15H16N2/c16-15-7-5-12(6-8-15)9-17-10-13-3-1-2-4-14(13)11-17/h1-3,5-8,11H,4,9-10,16H2. The SMILES string of the molecule is Nc1ccc(CN2C=C3CC=CC=C3C2)cc1. The topological polar surface area (TPSA) is 29.3 Å². The Bertz CT molecular complexity index is 506. The number of nitrogen functional groups attached to an aromatic ring is 1. The molecule has 1 aliphatic heterocycles. The molecule has 1 aromatic rings. The van der Waals surface area contributed by atoms with Gasteiger partial charge < -0.3 is 10.6 Å². The van der Waals surface area contributed by atoms with Crippen LogP contribution in [-0.4, -0.2) is 11.4 Å². The van der Waals surface area contributed by atoms with Crippen molar-refractivity contribution in [3.8, 4) is 0 Å². The van der Waals surface area contributed by atoms with Gasteiger partial charge >= 0.3 is 0 Å². The Kier molecular flexibility index (Phi) is 2.48. The molecule has 1 aliphatic carbocycles. The molecule has 17 heavy (non-hydrogen) atoms. The maximum Gasteiger partial charge on any atom is 0.0431 e. The van der Waals surface area contributed by atoms with Crippen LogP contribution in [0, 0.1) is 0 Å². The first-order valence-corrected chi connectivity index (χ1v) is 5.96. The zero-order valence-electron chi connectivity index (χ0n) is 9.76. The molecule has 0 bridgehead atoms. The average Bonchev–Trinajstić information content (AvgIpc) is 2.74. The maximum absolute atomic E-state index is 5.69. The van der Waals surface area contributed by atoms with E-state index in [1.807, 2.05) is 12.1 Å². The van der Waals surface area contributed by atoms with Crippen LogP contribution in [0.4, 0.5) is 5.69 Å². The molecule has 1 aromatic carbocycles. The van der Waals surface area contributed by atoms with Crippen molar-refractivity contribution in [2.45, 2.75) is 13.0 Å². The molecule has 0 spiro atoms. The smallest absolute Gasteiger partial charge is 0.0431 e. The van der Waals surface area contributed by atoms with Crippen molar-refractivity contribution in [3.05, 3.63) is 65.4 Å². The number of hydrogen-bond donors (Lipinski definition) is 1. The van der Waals surface area contributed by atoms with Crippen LogP contribution in [0.15, 0.2) is 59.8 Å². The van der Waals surface area contributed by atoms with Gasteiger partial charge in [-0.2, -0.15) is 0 Å². The summed E-state index contributed by atoms with van der Waals surface area (Å²) in [5.41, 5.74) is 10.7. The van der Waals surface area contributed by atoms with E-state index in [2.05, 4.69) is 41.5 Å². The second-order valence-electron chi connectivity index (χ2n) is 4.63. The molecule has 2 N–H and O–H groups in total. The van der Waals surface area contributed by atoms with Crippen molar-refractivity contribution in [2.24, 2.45) is 0 Å². The van der Waals surface area contributed by atoms with E-state index in [9.17, 15) is 0 Å². The van der Waals surface area contributed by atoms with Crippen LogP contribution in [0.1, 0.15) is 12.0 Å². The molecule has 0 amide bonds. The quantitative estimate of drug-likeness (QED) is 0.783. The lowest BCUT2D eigenvalue weighted by atomic mass is 10.0. The minimum absolute atomic E-state index is 0.828. The molecule has 86 valence electrons. The fraction of sp³-hybridized carbons (Fsp3) is 0.200. The van der Waals surface area contributed by atoms with Crippen LogP contribution < -0.4 is 5.73 Å². The highest BCUT2D eigenvalue weighted by Crippen LogP contribution is 2.28. The first kappa shape index (κ1) is 10.2. The summed E-state index contributed by atoms with van der Waals surface area (Å²) < 4.78 is 0. The first-order valence-electron chi connectivity index (χ1n) is 5.96. The Hall–Kier alpha value is -1.96. The Morgan fingerprint density at radius 1 is 1.12 bits per heavy atom. The third-order valence-electron chi connectivity index (χ3n) is 3.26. The summed E-state index contributed by atoms with van der Waals surface area (Å²) >= 11 is 0. The van der Waals surface area contributed by atoms with Crippen molar-refractivity contribution >= 4 is 5.69 Å². The number of allylic oxidation sites excluding steroid dienone is 3. The summed E-state index contributed by atoms with van der Waals surface area (Å²) in [5.74, 6) is 0. The van der Waals surface area contributed by atoms with E-state index in [1.54, 1.807) is 0 Å². The summed E-state index contributed by atoms with van der Waals surface area (Å²) in [6, 6.07) is 8.13. The first-order chi connectivity index (χ1) is 8.31. The molecule has 3 rings (SSSR count). The molecule has 2 aliphatic rings. The highest BCUT2D eigenvalue weighted by Gasteiger charge is 2.17. The van der Waals surface area contributed by atoms with Crippen molar-refractivity contribution < 1.29 is 0 Å². The van der Waals surface area contributed by atoms with Gasteiger partial charge in [-0.15, -0.1) is 0 Å². The van der Waals surface area contributed by atoms with E-state index in [-0.39, 0.29) is 0 Å². The molecule has 0 atom stereocenters. The average molecular weight is 224 g/mol. The van der Waals surface area contributed by atoms with E-state index in [4.69, 9.17) is 5.73 Å². The summed E-state index contributed by atoms with van der Waals surface area (Å²) in [4.78, 5) is 2.36. The van der Waals surface area contributed by atoms with Gasteiger partial charge in [0.15, 0.2) is 0 Å². The van der Waals surface area contributed by atoms with E-state index >= 15 is 0 Å². The van der Waals surface area contributed by atoms with Gasteiger partial charge in [-0.1, -0.05) is 30.4 Å². The predicted molar refractivity (Wildman–Crippen MR) is 71.2 cm³/mol. The van der Waals surface area contributed by atoms with Crippen LogP contribution in [0.2, 0.25) is 0 Å². The second-order valence-corrected chi connectivity index (χ2v) is 4.63. The fourth-order valence-electron chi connectivity index (χ4n) is 2.35. The Morgan fingerprint density at radius 2 is 1.94 bits per heavy atom. The molecule has 0 saturated heterocycles. The van der Waals surface area contributed by atoms with E-state index in [1.165, 1.54) is 16.7 Å². The summed E-state index contributed by atoms with van der Waals surface area (Å²) in [6.45, 7) is 1.99. The molecule has 0 radical (unpaired) electrons. The van der Waals surface area contributed by atoms with Crippen LogP contribution in [-0.2, 0) is 6.54 Å². The molecule has 0 unspecified atom stereocenters. The minimum atomic E-state index is 0.828. The largest absolute Gasteiger partial charge is 0.399 e. The van der Waals surface area contributed by atoms with Crippen LogP contribution in [0.25, 0.3) is 0 Å². The minimum Gasteiger partial charge on any atom is -0.399 e.